The number of aliphatic hydroxyl groups is 1. The van der Waals surface area contributed by atoms with E-state index in [1.807, 2.05) is 18.2 Å². The minimum atomic E-state index is -1.03. The van der Waals surface area contributed by atoms with Crippen LogP contribution >= 0.6 is 0 Å². The first kappa shape index (κ1) is 24.5. The van der Waals surface area contributed by atoms with Crippen LogP contribution in [-0.2, 0) is 9.53 Å². The van der Waals surface area contributed by atoms with Crippen LogP contribution in [0.15, 0.2) is 54.7 Å². The number of nitrogens with one attached hydrogen (secondary N) is 1. The van der Waals surface area contributed by atoms with Crippen LogP contribution in [-0.4, -0.2) is 77.5 Å². The quantitative estimate of drug-likeness (QED) is 0.504. The van der Waals surface area contributed by atoms with Crippen molar-refractivity contribution in [3.05, 3.63) is 60.3 Å². The topological polar surface area (TPSA) is 124 Å². The molecule has 0 saturated carbocycles. The Kier molecular flexibility index (Phi) is 7.16. The normalized spacial score (nSPS) is 16.5. The van der Waals surface area contributed by atoms with E-state index in [1.165, 1.54) is 11.8 Å². The van der Waals surface area contributed by atoms with Gasteiger partial charge in [-0.15, -0.1) is 0 Å². The number of likely N-dealkylation sites (tertiary alicyclic amines) is 1. The SMILES string of the molecule is C[C@H](O)C(=O)N1CC(Oc2ccc(-c3ccnc(Nc4ccc(N5CCOCC5)cc4)n3)cc2C#N)C1. The number of nitrogens with zero attached hydrogens (tertiary/aromatic N) is 5. The van der Waals surface area contributed by atoms with E-state index in [2.05, 4.69) is 38.4 Å². The minimum Gasteiger partial charge on any atom is -0.485 e. The Morgan fingerprint density at radius 1 is 1.19 bits per heavy atom. The average molecular weight is 501 g/mol. The Bertz CT molecular complexity index is 1290. The molecule has 2 aliphatic heterocycles. The molecule has 2 aromatic carbocycles. The van der Waals surface area contributed by atoms with E-state index < -0.39 is 6.10 Å². The number of hydrogen-bond donors (Lipinski definition) is 2. The van der Waals surface area contributed by atoms with Gasteiger partial charge in [0, 0.05) is 36.2 Å². The van der Waals surface area contributed by atoms with Gasteiger partial charge in [0.25, 0.3) is 5.91 Å². The van der Waals surface area contributed by atoms with Gasteiger partial charge in [-0.25, -0.2) is 9.97 Å². The highest BCUT2D eigenvalue weighted by Gasteiger charge is 2.34. The predicted molar refractivity (Wildman–Crippen MR) is 138 cm³/mol. The molecular formula is C27H28N6O4. The smallest absolute Gasteiger partial charge is 0.251 e. The summed E-state index contributed by atoms with van der Waals surface area (Å²) in [6, 6.07) is 17.4. The number of carbonyl (C=O) groups is 1. The van der Waals surface area contributed by atoms with Crippen molar-refractivity contribution in [2.45, 2.75) is 19.1 Å². The molecule has 10 nitrogen and oxygen atoms in total. The second-order valence-corrected chi connectivity index (χ2v) is 9.02. The highest BCUT2D eigenvalue weighted by molar-refractivity contribution is 5.81. The van der Waals surface area contributed by atoms with Gasteiger partial charge in [0.1, 0.15) is 24.0 Å². The highest BCUT2D eigenvalue weighted by Crippen LogP contribution is 2.28. The molecule has 3 aromatic rings. The van der Waals surface area contributed by atoms with Crippen LogP contribution in [0.25, 0.3) is 11.3 Å². The van der Waals surface area contributed by atoms with Crippen molar-refractivity contribution >= 4 is 23.2 Å². The van der Waals surface area contributed by atoms with Crippen molar-refractivity contribution in [3.63, 3.8) is 0 Å². The van der Waals surface area contributed by atoms with E-state index in [9.17, 15) is 15.2 Å². The molecule has 5 rings (SSSR count). The second kappa shape index (κ2) is 10.8. The van der Waals surface area contributed by atoms with Crippen LogP contribution in [0.2, 0.25) is 0 Å². The van der Waals surface area contributed by atoms with E-state index in [1.54, 1.807) is 24.4 Å². The largest absolute Gasteiger partial charge is 0.485 e. The van der Waals surface area contributed by atoms with Crippen molar-refractivity contribution < 1.29 is 19.4 Å². The first-order valence-corrected chi connectivity index (χ1v) is 12.2. The maximum absolute atomic E-state index is 11.8. The van der Waals surface area contributed by atoms with Gasteiger partial charge in [-0.05, 0) is 55.5 Å². The Morgan fingerprint density at radius 3 is 2.65 bits per heavy atom. The van der Waals surface area contributed by atoms with Gasteiger partial charge in [0.05, 0.1) is 37.6 Å². The lowest BCUT2D eigenvalue weighted by molar-refractivity contribution is -0.148. The number of ether oxygens (including phenoxy) is 2. The van der Waals surface area contributed by atoms with Gasteiger partial charge < -0.3 is 29.7 Å². The lowest BCUT2D eigenvalue weighted by Crippen LogP contribution is -2.58. The van der Waals surface area contributed by atoms with Gasteiger partial charge >= 0.3 is 0 Å². The number of morpholine rings is 1. The molecule has 1 amide bonds. The number of hydrogen-bond acceptors (Lipinski definition) is 9. The van der Waals surface area contributed by atoms with Gasteiger partial charge in [-0.2, -0.15) is 5.26 Å². The van der Waals surface area contributed by atoms with Crippen LogP contribution in [0.4, 0.5) is 17.3 Å². The number of anilines is 3. The average Bonchev–Trinajstić information content (AvgIpc) is 2.91. The molecule has 0 spiro atoms. The van der Waals surface area contributed by atoms with E-state index in [0.29, 0.717) is 36.0 Å². The molecule has 2 saturated heterocycles. The van der Waals surface area contributed by atoms with Crippen molar-refractivity contribution in [1.82, 2.24) is 14.9 Å². The summed E-state index contributed by atoms with van der Waals surface area (Å²) in [4.78, 5) is 24.6. The predicted octanol–water partition coefficient (Wildman–Crippen LogP) is 2.57. The molecule has 190 valence electrons. The first-order chi connectivity index (χ1) is 18.0. The van der Waals surface area contributed by atoms with E-state index in [4.69, 9.17) is 9.47 Å². The molecule has 1 aromatic heterocycles. The molecule has 2 fully saturated rings. The summed E-state index contributed by atoms with van der Waals surface area (Å²) in [6.07, 6.45) is 0.424. The summed E-state index contributed by atoms with van der Waals surface area (Å²) >= 11 is 0. The Balaban J connectivity index is 1.24. The van der Waals surface area contributed by atoms with Crippen molar-refractivity contribution in [2.24, 2.45) is 0 Å². The zero-order valence-electron chi connectivity index (χ0n) is 20.5. The third-order valence-electron chi connectivity index (χ3n) is 6.36. The van der Waals surface area contributed by atoms with E-state index in [-0.39, 0.29) is 12.0 Å². The fourth-order valence-electron chi connectivity index (χ4n) is 4.30. The van der Waals surface area contributed by atoms with Gasteiger partial charge in [-0.3, -0.25) is 4.79 Å². The molecule has 2 N–H and O–H groups in total. The summed E-state index contributed by atoms with van der Waals surface area (Å²) in [5.41, 5.74) is 3.84. The highest BCUT2D eigenvalue weighted by atomic mass is 16.5. The maximum atomic E-state index is 11.8. The van der Waals surface area contributed by atoms with Crippen LogP contribution < -0.4 is 15.0 Å². The number of nitriles is 1. The maximum Gasteiger partial charge on any atom is 0.251 e. The summed E-state index contributed by atoms with van der Waals surface area (Å²) < 4.78 is 11.3. The van der Waals surface area contributed by atoms with Crippen LogP contribution in [0, 0.1) is 11.3 Å². The van der Waals surface area contributed by atoms with Gasteiger partial charge in [0.2, 0.25) is 5.95 Å². The fraction of sp³-hybridized carbons (Fsp3) is 0.333. The Hall–Kier alpha value is -4.20. The summed E-state index contributed by atoms with van der Waals surface area (Å²) in [5.74, 6) is 0.581. The molecule has 3 heterocycles. The van der Waals surface area contributed by atoms with Crippen LogP contribution in [0.5, 0.6) is 5.75 Å². The molecule has 0 radical (unpaired) electrons. The molecule has 0 bridgehead atoms. The summed E-state index contributed by atoms with van der Waals surface area (Å²) in [6.45, 7) is 5.45. The number of amides is 1. The van der Waals surface area contributed by atoms with Crippen LogP contribution in [0.3, 0.4) is 0 Å². The molecule has 0 aliphatic carbocycles. The van der Waals surface area contributed by atoms with E-state index in [0.717, 1.165) is 43.2 Å². The number of aromatic nitrogens is 2. The standard InChI is InChI=1S/C27H28N6O4/c1-18(34)26(35)33-16-23(17-33)37-25-7-2-19(14-20(25)15-28)24-8-9-29-27(31-24)30-21-3-5-22(6-4-21)32-10-12-36-13-11-32/h2-9,14,18,23,34H,10-13,16-17H2,1H3,(H,29,30,31)/t18-/m0/s1. The number of rotatable bonds is 7. The third-order valence-corrected chi connectivity index (χ3v) is 6.36. The monoisotopic (exact) mass is 500 g/mol. The lowest BCUT2D eigenvalue weighted by Gasteiger charge is -2.39. The van der Waals surface area contributed by atoms with Crippen molar-refractivity contribution in [2.75, 3.05) is 49.6 Å². The Labute approximate surface area is 215 Å². The fourth-order valence-corrected chi connectivity index (χ4v) is 4.30. The third kappa shape index (κ3) is 5.63. The molecule has 1 atom stereocenters. The molecule has 37 heavy (non-hydrogen) atoms. The molecule has 2 aliphatic rings. The Morgan fingerprint density at radius 2 is 1.95 bits per heavy atom. The van der Waals surface area contributed by atoms with Crippen LogP contribution in [0.1, 0.15) is 12.5 Å². The molecule has 10 heteroatoms. The molecule has 0 unspecified atom stereocenters. The zero-order valence-corrected chi connectivity index (χ0v) is 20.5. The van der Waals surface area contributed by atoms with Gasteiger partial charge in [-0.1, -0.05) is 0 Å². The second-order valence-electron chi connectivity index (χ2n) is 9.02. The lowest BCUT2D eigenvalue weighted by atomic mass is 10.1. The molecular weight excluding hydrogens is 472 g/mol. The first-order valence-electron chi connectivity index (χ1n) is 12.2. The van der Waals surface area contributed by atoms with Crippen molar-refractivity contribution in [3.8, 4) is 23.1 Å². The minimum absolute atomic E-state index is 0.217. The number of aliphatic hydroxyl groups excluding tert-OH is 1. The van der Waals surface area contributed by atoms with Crippen molar-refractivity contribution in [1.29, 1.82) is 5.26 Å². The summed E-state index contributed by atoms with van der Waals surface area (Å²) in [7, 11) is 0. The summed E-state index contributed by atoms with van der Waals surface area (Å²) in [5, 5.41) is 22.4. The number of carbonyl (C=O) groups excluding carboxylic acids is 1. The zero-order chi connectivity index (χ0) is 25.8. The van der Waals surface area contributed by atoms with Gasteiger partial charge in [0.15, 0.2) is 0 Å². The van der Waals surface area contributed by atoms with E-state index >= 15 is 0 Å². The number of benzene rings is 2.